The number of morpholine rings is 1. The van der Waals surface area contributed by atoms with Gasteiger partial charge in [-0.1, -0.05) is 18.4 Å². The zero-order chi connectivity index (χ0) is 22.4. The van der Waals surface area contributed by atoms with E-state index < -0.39 is 0 Å². The van der Waals surface area contributed by atoms with Crippen molar-refractivity contribution in [3.05, 3.63) is 11.8 Å². The third-order valence-electron chi connectivity index (χ3n) is 9.89. The van der Waals surface area contributed by atoms with Gasteiger partial charge in [0.25, 0.3) is 0 Å². The molecule has 4 fully saturated rings. The Bertz CT molecular complexity index is 747. The SMILES string of the molecule is CC1=CNC(C2CC=NN2)C2NC(N3CCOC[C@H]3C)CC(C3CCNC4CCCCC43)C12. The van der Waals surface area contributed by atoms with Crippen molar-refractivity contribution in [2.24, 2.45) is 28.8 Å². The summed E-state index contributed by atoms with van der Waals surface area (Å²) >= 11 is 0. The highest BCUT2D eigenvalue weighted by Crippen LogP contribution is 2.48. The zero-order valence-corrected chi connectivity index (χ0v) is 20.5. The Kier molecular flexibility index (Phi) is 6.41. The summed E-state index contributed by atoms with van der Waals surface area (Å²) in [6.45, 7) is 8.68. The predicted octanol–water partition coefficient (Wildman–Crippen LogP) is 2.02. The molecule has 6 rings (SSSR count). The van der Waals surface area contributed by atoms with E-state index >= 15 is 0 Å². The van der Waals surface area contributed by atoms with Crippen molar-refractivity contribution in [2.75, 3.05) is 26.3 Å². The average Bonchev–Trinajstić information content (AvgIpc) is 3.38. The number of hydrazone groups is 1. The summed E-state index contributed by atoms with van der Waals surface area (Å²) in [6, 6.07) is 2.39. The lowest BCUT2D eigenvalue weighted by Gasteiger charge is -2.57. The smallest absolute Gasteiger partial charge is 0.0706 e. The molecule has 9 unspecified atom stereocenters. The first-order valence-corrected chi connectivity index (χ1v) is 13.7. The largest absolute Gasteiger partial charge is 0.384 e. The first-order valence-electron chi connectivity index (χ1n) is 13.7. The lowest BCUT2D eigenvalue weighted by Crippen LogP contribution is -2.71. The minimum Gasteiger partial charge on any atom is -0.384 e. The fourth-order valence-corrected chi connectivity index (χ4v) is 8.38. The van der Waals surface area contributed by atoms with Crippen LogP contribution in [0.2, 0.25) is 0 Å². The Labute approximate surface area is 199 Å². The van der Waals surface area contributed by atoms with Crippen LogP contribution in [0.15, 0.2) is 16.9 Å². The van der Waals surface area contributed by atoms with Gasteiger partial charge in [-0.05, 0) is 70.0 Å². The van der Waals surface area contributed by atoms with E-state index in [9.17, 15) is 0 Å². The highest BCUT2D eigenvalue weighted by atomic mass is 16.5. The fourth-order valence-electron chi connectivity index (χ4n) is 8.38. The molecule has 7 nitrogen and oxygen atoms in total. The molecular weight excluding hydrogens is 412 g/mol. The van der Waals surface area contributed by atoms with Crippen LogP contribution >= 0.6 is 0 Å². The fraction of sp³-hybridized carbons (Fsp3) is 0.885. The molecule has 5 aliphatic heterocycles. The van der Waals surface area contributed by atoms with Crippen LogP contribution in [0, 0.1) is 23.7 Å². The normalized spacial score (nSPS) is 48.2. The minimum absolute atomic E-state index is 0.367. The van der Waals surface area contributed by atoms with Crippen LogP contribution in [0.25, 0.3) is 0 Å². The predicted molar refractivity (Wildman–Crippen MR) is 132 cm³/mol. The molecule has 1 aliphatic carbocycles. The summed E-state index contributed by atoms with van der Waals surface area (Å²) in [4.78, 5) is 2.72. The quantitative estimate of drug-likeness (QED) is 0.521. The number of piperidine rings is 2. The first-order chi connectivity index (χ1) is 16.2. The van der Waals surface area contributed by atoms with Crippen LogP contribution in [0.4, 0.5) is 0 Å². The number of fused-ring (bicyclic) bond motifs is 2. The summed E-state index contributed by atoms with van der Waals surface area (Å²) in [6.07, 6.45) is 14.1. The van der Waals surface area contributed by atoms with Crippen molar-refractivity contribution in [2.45, 2.75) is 95.2 Å². The second-order valence-corrected chi connectivity index (χ2v) is 11.6. The van der Waals surface area contributed by atoms with E-state index in [1.54, 1.807) is 5.57 Å². The van der Waals surface area contributed by atoms with E-state index in [0.717, 1.165) is 50.0 Å². The molecule has 6 aliphatic rings. The topological polar surface area (TPSA) is 73.0 Å². The molecule has 33 heavy (non-hydrogen) atoms. The van der Waals surface area contributed by atoms with E-state index in [0.29, 0.717) is 36.3 Å². The van der Waals surface area contributed by atoms with Gasteiger partial charge < -0.3 is 20.8 Å². The maximum Gasteiger partial charge on any atom is 0.0706 e. The van der Waals surface area contributed by atoms with Crippen molar-refractivity contribution in [1.82, 2.24) is 26.3 Å². The molecule has 4 N–H and O–H groups in total. The van der Waals surface area contributed by atoms with Gasteiger partial charge in [0, 0.05) is 43.2 Å². The van der Waals surface area contributed by atoms with Crippen LogP contribution in [0.5, 0.6) is 0 Å². The number of hydrogen-bond donors (Lipinski definition) is 4. The standard InChI is InChI=1S/C26H44N6O/c1-16-14-28-25(22-8-10-29-31-22)26-24(16)20(13-23(30-26)32-11-12-33-15-17(32)2)18-7-9-27-21-6-4-3-5-19(18)21/h10,14,17-28,30-31H,3-9,11-13,15H2,1-2H3/t17-,18?,19?,20?,21?,22?,23?,24?,25?,26?/m1/s1. The maximum atomic E-state index is 5.82. The highest BCUT2D eigenvalue weighted by molar-refractivity contribution is 5.60. The Hall–Kier alpha value is -1.15. The third-order valence-corrected chi connectivity index (χ3v) is 9.89. The average molecular weight is 457 g/mol. The van der Waals surface area contributed by atoms with E-state index in [1.807, 2.05) is 6.21 Å². The maximum absolute atomic E-state index is 5.82. The number of nitrogens with one attached hydrogen (secondary N) is 4. The van der Waals surface area contributed by atoms with E-state index in [4.69, 9.17) is 4.74 Å². The third kappa shape index (κ3) is 4.13. The summed E-state index contributed by atoms with van der Waals surface area (Å²) < 4.78 is 5.82. The van der Waals surface area contributed by atoms with Gasteiger partial charge in [0.1, 0.15) is 0 Å². The van der Waals surface area contributed by atoms with Gasteiger partial charge in [-0.25, -0.2) is 0 Å². The molecule has 10 atom stereocenters. The summed E-state index contributed by atoms with van der Waals surface area (Å²) in [5, 5.41) is 16.3. The van der Waals surface area contributed by atoms with Crippen molar-refractivity contribution in [3.8, 4) is 0 Å². The van der Waals surface area contributed by atoms with Gasteiger partial charge >= 0.3 is 0 Å². The Balaban J connectivity index is 1.33. The Morgan fingerprint density at radius 3 is 2.82 bits per heavy atom. The summed E-state index contributed by atoms with van der Waals surface area (Å²) in [7, 11) is 0. The summed E-state index contributed by atoms with van der Waals surface area (Å²) in [5.41, 5.74) is 4.96. The molecule has 3 saturated heterocycles. The molecule has 0 bridgehead atoms. The van der Waals surface area contributed by atoms with Gasteiger partial charge in [-0.2, -0.15) is 5.10 Å². The molecule has 0 aromatic heterocycles. The minimum atomic E-state index is 0.367. The van der Waals surface area contributed by atoms with E-state index in [2.05, 4.69) is 51.4 Å². The van der Waals surface area contributed by atoms with Crippen molar-refractivity contribution in [3.63, 3.8) is 0 Å². The molecular formula is C26H44N6O. The molecule has 5 heterocycles. The van der Waals surface area contributed by atoms with Gasteiger partial charge in [0.05, 0.1) is 31.5 Å². The second-order valence-electron chi connectivity index (χ2n) is 11.6. The molecule has 0 amide bonds. The van der Waals surface area contributed by atoms with Crippen LogP contribution in [-0.4, -0.2) is 73.8 Å². The van der Waals surface area contributed by atoms with Gasteiger partial charge in [-0.3, -0.25) is 10.2 Å². The van der Waals surface area contributed by atoms with Gasteiger partial charge in [-0.15, -0.1) is 0 Å². The van der Waals surface area contributed by atoms with E-state index in [-0.39, 0.29) is 0 Å². The number of hydrogen-bond acceptors (Lipinski definition) is 7. The van der Waals surface area contributed by atoms with Crippen LogP contribution < -0.4 is 21.4 Å². The van der Waals surface area contributed by atoms with Crippen LogP contribution in [0.1, 0.15) is 58.8 Å². The van der Waals surface area contributed by atoms with Gasteiger partial charge in [0.2, 0.25) is 0 Å². The monoisotopic (exact) mass is 456 g/mol. The second kappa shape index (κ2) is 9.48. The molecule has 7 heteroatoms. The number of ether oxygens (including phenoxy) is 1. The van der Waals surface area contributed by atoms with Crippen molar-refractivity contribution >= 4 is 6.21 Å². The van der Waals surface area contributed by atoms with Crippen molar-refractivity contribution in [1.29, 1.82) is 0 Å². The van der Waals surface area contributed by atoms with Gasteiger partial charge in [0.15, 0.2) is 0 Å². The lowest BCUT2D eigenvalue weighted by atomic mass is 9.59. The lowest BCUT2D eigenvalue weighted by molar-refractivity contribution is -0.0696. The Morgan fingerprint density at radius 2 is 1.97 bits per heavy atom. The molecule has 0 aromatic rings. The molecule has 184 valence electrons. The van der Waals surface area contributed by atoms with Crippen LogP contribution in [-0.2, 0) is 4.74 Å². The molecule has 0 aromatic carbocycles. The molecule has 0 radical (unpaired) electrons. The van der Waals surface area contributed by atoms with Crippen LogP contribution in [0.3, 0.4) is 0 Å². The molecule has 1 saturated carbocycles. The number of rotatable bonds is 3. The zero-order valence-electron chi connectivity index (χ0n) is 20.5. The molecule has 0 spiro atoms. The first kappa shape index (κ1) is 22.3. The summed E-state index contributed by atoms with van der Waals surface area (Å²) in [5.74, 6) is 3.04. The highest BCUT2D eigenvalue weighted by Gasteiger charge is 2.52. The Morgan fingerprint density at radius 1 is 1.06 bits per heavy atom. The van der Waals surface area contributed by atoms with E-state index in [1.165, 1.54) is 45.1 Å². The van der Waals surface area contributed by atoms with Crippen molar-refractivity contribution < 1.29 is 4.74 Å². The number of nitrogens with zero attached hydrogens (tertiary/aromatic N) is 2.